The van der Waals surface area contributed by atoms with Crippen LogP contribution in [0.4, 0.5) is 0 Å². The molecular weight excluding hydrogens is 230 g/mol. The molecule has 0 amide bonds. The van der Waals surface area contributed by atoms with Crippen molar-refractivity contribution in [1.29, 1.82) is 0 Å². The van der Waals surface area contributed by atoms with Gasteiger partial charge in [-0.2, -0.15) is 0 Å². The van der Waals surface area contributed by atoms with E-state index < -0.39 is 11.0 Å². The van der Waals surface area contributed by atoms with Crippen LogP contribution in [0.3, 0.4) is 0 Å². The van der Waals surface area contributed by atoms with Crippen molar-refractivity contribution in [2.45, 2.75) is 52.1 Å². The zero-order valence-corrected chi connectivity index (χ0v) is 12.1. The Bertz CT molecular complexity index is 281. The van der Waals surface area contributed by atoms with Crippen molar-refractivity contribution in [2.75, 3.05) is 20.2 Å². The Morgan fingerprint density at radius 2 is 2.00 bits per heavy atom. The number of methoxy groups -OCH3 is 1. The summed E-state index contributed by atoms with van der Waals surface area (Å²) in [7, 11) is 1.40. The molecule has 4 heteroatoms. The summed E-state index contributed by atoms with van der Waals surface area (Å²) in [5.74, 6) is 0.496. The maximum Gasteiger partial charge on any atom is 0.312 e. The van der Waals surface area contributed by atoms with E-state index in [9.17, 15) is 9.90 Å². The van der Waals surface area contributed by atoms with Gasteiger partial charge in [-0.15, -0.1) is 0 Å². The van der Waals surface area contributed by atoms with Gasteiger partial charge in [0.25, 0.3) is 0 Å². The van der Waals surface area contributed by atoms with Crippen LogP contribution in [0.1, 0.15) is 46.5 Å². The molecule has 4 nitrogen and oxygen atoms in total. The summed E-state index contributed by atoms with van der Waals surface area (Å²) in [5.41, 5.74) is -1.15. The molecule has 1 fully saturated rings. The van der Waals surface area contributed by atoms with Gasteiger partial charge in [0.2, 0.25) is 0 Å². The smallest absolute Gasteiger partial charge is 0.312 e. The monoisotopic (exact) mass is 257 g/mol. The third-order valence-corrected chi connectivity index (χ3v) is 3.96. The second-order valence-electron chi connectivity index (χ2n) is 6.39. The molecule has 0 atom stereocenters. The molecule has 1 rings (SSSR count). The first-order chi connectivity index (χ1) is 8.29. The average molecular weight is 257 g/mol. The highest BCUT2D eigenvalue weighted by Gasteiger charge is 2.33. The normalized spacial score (nSPS) is 29.1. The highest BCUT2D eigenvalue weighted by Crippen LogP contribution is 2.31. The van der Waals surface area contributed by atoms with E-state index >= 15 is 0 Å². The standard InChI is InChI=1S/C14H27NO3/c1-11-5-7-14(17,8-6-11)10-15-9-13(2,3)12(16)18-4/h11,15,17H,5-10H2,1-4H3. The summed E-state index contributed by atoms with van der Waals surface area (Å²) < 4.78 is 4.76. The molecule has 0 aliphatic heterocycles. The first kappa shape index (κ1) is 15.4. The second-order valence-corrected chi connectivity index (χ2v) is 6.39. The zero-order valence-electron chi connectivity index (χ0n) is 12.1. The average Bonchev–Trinajstić information content (AvgIpc) is 2.32. The van der Waals surface area contributed by atoms with Crippen molar-refractivity contribution >= 4 is 5.97 Å². The highest BCUT2D eigenvalue weighted by molar-refractivity contribution is 5.76. The van der Waals surface area contributed by atoms with Crippen LogP contribution < -0.4 is 5.32 Å². The summed E-state index contributed by atoms with van der Waals surface area (Å²) in [4.78, 5) is 11.5. The molecule has 0 aromatic heterocycles. The fraction of sp³-hybridized carbons (Fsp3) is 0.929. The summed E-state index contributed by atoms with van der Waals surface area (Å²) >= 11 is 0. The number of carbonyl (C=O) groups is 1. The number of nitrogens with one attached hydrogen (secondary N) is 1. The molecule has 0 spiro atoms. The van der Waals surface area contributed by atoms with Crippen LogP contribution in [0.15, 0.2) is 0 Å². The first-order valence-electron chi connectivity index (χ1n) is 6.81. The van der Waals surface area contributed by atoms with Gasteiger partial charge in [0.15, 0.2) is 0 Å². The predicted octanol–water partition coefficient (Wildman–Crippen LogP) is 1.72. The first-order valence-corrected chi connectivity index (χ1v) is 6.81. The van der Waals surface area contributed by atoms with E-state index in [1.807, 2.05) is 13.8 Å². The Hall–Kier alpha value is -0.610. The molecule has 1 aliphatic rings. The molecule has 0 unspecified atom stereocenters. The summed E-state index contributed by atoms with van der Waals surface area (Å²) in [5, 5.41) is 13.6. The molecule has 0 radical (unpaired) electrons. The molecule has 106 valence electrons. The summed E-state index contributed by atoms with van der Waals surface area (Å²) in [6.07, 6.45) is 3.86. The van der Waals surface area contributed by atoms with E-state index in [1.54, 1.807) is 0 Å². The van der Waals surface area contributed by atoms with Gasteiger partial charge < -0.3 is 15.2 Å². The topological polar surface area (TPSA) is 58.6 Å². The van der Waals surface area contributed by atoms with Crippen LogP contribution in [0, 0.1) is 11.3 Å². The molecule has 18 heavy (non-hydrogen) atoms. The molecule has 2 N–H and O–H groups in total. The maximum absolute atomic E-state index is 11.5. The van der Waals surface area contributed by atoms with Gasteiger partial charge in [0.1, 0.15) is 0 Å². The lowest BCUT2D eigenvalue weighted by atomic mass is 9.79. The van der Waals surface area contributed by atoms with Crippen molar-refractivity contribution < 1.29 is 14.6 Å². The molecule has 1 saturated carbocycles. The Balaban J connectivity index is 2.35. The molecule has 0 saturated heterocycles. The summed E-state index contributed by atoms with van der Waals surface area (Å²) in [6.45, 7) is 7.00. The van der Waals surface area contributed by atoms with Crippen molar-refractivity contribution in [3.63, 3.8) is 0 Å². The van der Waals surface area contributed by atoms with Crippen LogP contribution in [-0.2, 0) is 9.53 Å². The van der Waals surface area contributed by atoms with Crippen LogP contribution in [0.2, 0.25) is 0 Å². The number of carbonyl (C=O) groups excluding carboxylic acids is 1. The molecule has 0 heterocycles. The van der Waals surface area contributed by atoms with Crippen molar-refractivity contribution in [3.8, 4) is 0 Å². The van der Waals surface area contributed by atoms with Gasteiger partial charge in [0.05, 0.1) is 18.1 Å². The third kappa shape index (κ3) is 4.25. The lowest BCUT2D eigenvalue weighted by molar-refractivity contribution is -0.150. The summed E-state index contributed by atoms with van der Waals surface area (Å²) in [6, 6.07) is 0. The van der Waals surface area contributed by atoms with Crippen molar-refractivity contribution in [3.05, 3.63) is 0 Å². The number of hydrogen-bond donors (Lipinski definition) is 2. The van der Waals surface area contributed by atoms with E-state index in [0.29, 0.717) is 13.1 Å². The van der Waals surface area contributed by atoms with Gasteiger partial charge in [-0.25, -0.2) is 0 Å². The van der Waals surface area contributed by atoms with Crippen LogP contribution in [0.5, 0.6) is 0 Å². The lowest BCUT2D eigenvalue weighted by Gasteiger charge is -2.36. The van der Waals surface area contributed by atoms with Crippen LogP contribution in [0.25, 0.3) is 0 Å². The molecule has 0 aromatic carbocycles. The minimum Gasteiger partial charge on any atom is -0.469 e. The Kier molecular flexibility index (Phi) is 5.17. The Labute approximate surface area is 110 Å². The van der Waals surface area contributed by atoms with Gasteiger partial charge >= 0.3 is 5.97 Å². The SMILES string of the molecule is COC(=O)C(C)(C)CNCC1(O)CCC(C)CC1. The molecule has 1 aliphatic carbocycles. The number of hydrogen-bond acceptors (Lipinski definition) is 4. The molecular formula is C14H27NO3. The van der Waals surface area contributed by atoms with E-state index in [0.717, 1.165) is 31.6 Å². The predicted molar refractivity (Wildman–Crippen MR) is 71.2 cm³/mol. The van der Waals surface area contributed by atoms with Gasteiger partial charge in [-0.1, -0.05) is 6.92 Å². The quantitative estimate of drug-likeness (QED) is 0.736. The Morgan fingerprint density at radius 3 is 2.50 bits per heavy atom. The molecule has 0 bridgehead atoms. The maximum atomic E-state index is 11.5. The number of ether oxygens (including phenoxy) is 1. The van der Waals surface area contributed by atoms with Gasteiger partial charge in [-0.3, -0.25) is 4.79 Å². The minimum atomic E-state index is -0.599. The van der Waals surface area contributed by atoms with Crippen molar-refractivity contribution in [1.82, 2.24) is 5.32 Å². The van der Waals surface area contributed by atoms with Crippen LogP contribution >= 0.6 is 0 Å². The van der Waals surface area contributed by atoms with E-state index in [4.69, 9.17) is 4.74 Å². The fourth-order valence-corrected chi connectivity index (χ4v) is 2.43. The molecule has 0 aromatic rings. The number of esters is 1. The minimum absolute atomic E-state index is 0.223. The van der Waals surface area contributed by atoms with Crippen LogP contribution in [-0.4, -0.2) is 36.9 Å². The van der Waals surface area contributed by atoms with E-state index in [2.05, 4.69) is 12.2 Å². The fourth-order valence-electron chi connectivity index (χ4n) is 2.43. The highest BCUT2D eigenvalue weighted by atomic mass is 16.5. The number of aliphatic hydroxyl groups is 1. The second kappa shape index (κ2) is 6.02. The van der Waals surface area contributed by atoms with Crippen molar-refractivity contribution in [2.24, 2.45) is 11.3 Å². The van der Waals surface area contributed by atoms with E-state index in [1.165, 1.54) is 7.11 Å². The number of rotatable bonds is 5. The van der Waals surface area contributed by atoms with Gasteiger partial charge in [-0.05, 0) is 45.4 Å². The third-order valence-electron chi connectivity index (χ3n) is 3.96. The Morgan fingerprint density at radius 1 is 1.44 bits per heavy atom. The van der Waals surface area contributed by atoms with E-state index in [-0.39, 0.29) is 5.97 Å². The largest absolute Gasteiger partial charge is 0.469 e. The zero-order chi connectivity index (χ0) is 13.8. The lowest BCUT2D eigenvalue weighted by Crippen LogP contribution is -2.47. The van der Waals surface area contributed by atoms with Gasteiger partial charge in [0, 0.05) is 13.1 Å².